The van der Waals surface area contributed by atoms with Crippen LogP contribution in [-0.4, -0.2) is 17.1 Å². The van der Waals surface area contributed by atoms with Crippen LogP contribution >= 0.6 is 0 Å². The molecule has 0 radical (unpaired) electrons. The molecule has 0 spiro atoms. The second-order valence-electron chi connectivity index (χ2n) is 3.54. The molecule has 1 aromatic rings. The highest BCUT2D eigenvalue weighted by Crippen LogP contribution is 2.28. The van der Waals surface area contributed by atoms with Crippen LogP contribution in [-0.2, 0) is 4.79 Å². The van der Waals surface area contributed by atoms with Crippen LogP contribution in [0.25, 0.3) is 0 Å². The van der Waals surface area contributed by atoms with Crippen LogP contribution in [0.4, 0.5) is 10.6 Å². The summed E-state index contributed by atoms with van der Waals surface area (Å²) in [6, 6.07) is 1.00. The van der Waals surface area contributed by atoms with Crippen molar-refractivity contribution in [3.63, 3.8) is 0 Å². The number of anilines is 1. The Morgan fingerprint density at radius 1 is 1.53 bits per heavy atom. The van der Waals surface area contributed by atoms with E-state index >= 15 is 0 Å². The number of aryl methyl sites for hydroxylation is 1. The molecule has 1 fully saturated rings. The standard InChI is InChI=1S/C9H11N3O3/c1-5-4-7(12-15-5)10-9(14)11-8(13)6-2-3-6/h4,6H,2-3H2,1H3,(H2,10,11,12,13,14). The van der Waals surface area contributed by atoms with Crippen molar-refractivity contribution in [3.05, 3.63) is 11.8 Å². The Kier molecular flexibility index (Phi) is 2.40. The molecule has 1 aromatic heterocycles. The van der Waals surface area contributed by atoms with E-state index in [1.165, 1.54) is 0 Å². The second-order valence-corrected chi connectivity index (χ2v) is 3.54. The molecule has 6 nitrogen and oxygen atoms in total. The van der Waals surface area contributed by atoms with Crippen LogP contribution in [0.3, 0.4) is 0 Å². The molecule has 15 heavy (non-hydrogen) atoms. The molecule has 2 rings (SSSR count). The first kappa shape index (κ1) is 9.70. The molecule has 1 saturated carbocycles. The third-order valence-electron chi connectivity index (χ3n) is 2.05. The van der Waals surface area contributed by atoms with Gasteiger partial charge in [0.05, 0.1) is 0 Å². The molecule has 0 aliphatic heterocycles. The highest BCUT2D eigenvalue weighted by molar-refractivity contribution is 6.02. The molecule has 2 N–H and O–H groups in total. The minimum atomic E-state index is -0.569. The van der Waals surface area contributed by atoms with Crippen molar-refractivity contribution < 1.29 is 14.1 Å². The van der Waals surface area contributed by atoms with Crippen LogP contribution in [0.2, 0.25) is 0 Å². The summed E-state index contributed by atoms with van der Waals surface area (Å²) < 4.78 is 4.75. The predicted molar refractivity (Wildman–Crippen MR) is 51.1 cm³/mol. The summed E-state index contributed by atoms with van der Waals surface area (Å²) in [5.41, 5.74) is 0. The van der Waals surface area contributed by atoms with Crippen LogP contribution in [0.15, 0.2) is 10.6 Å². The van der Waals surface area contributed by atoms with Crippen LogP contribution in [0, 0.1) is 12.8 Å². The topological polar surface area (TPSA) is 84.2 Å². The van der Waals surface area contributed by atoms with Gasteiger partial charge in [0, 0.05) is 12.0 Å². The lowest BCUT2D eigenvalue weighted by molar-refractivity contribution is -0.121. The first-order chi connectivity index (χ1) is 7.15. The summed E-state index contributed by atoms with van der Waals surface area (Å²) in [6.07, 6.45) is 1.73. The zero-order valence-corrected chi connectivity index (χ0v) is 8.24. The Morgan fingerprint density at radius 3 is 2.80 bits per heavy atom. The van der Waals surface area contributed by atoms with E-state index in [0.29, 0.717) is 11.6 Å². The molecular formula is C9H11N3O3. The van der Waals surface area contributed by atoms with E-state index in [2.05, 4.69) is 15.8 Å². The number of hydrogen-bond acceptors (Lipinski definition) is 4. The average molecular weight is 209 g/mol. The highest BCUT2D eigenvalue weighted by atomic mass is 16.5. The molecule has 0 unspecified atom stereocenters. The van der Waals surface area contributed by atoms with Crippen molar-refractivity contribution in [2.45, 2.75) is 19.8 Å². The van der Waals surface area contributed by atoms with E-state index < -0.39 is 6.03 Å². The maximum atomic E-state index is 11.2. The molecule has 0 atom stereocenters. The van der Waals surface area contributed by atoms with Gasteiger partial charge >= 0.3 is 6.03 Å². The minimum absolute atomic E-state index is 0.00907. The SMILES string of the molecule is Cc1cc(NC(=O)NC(=O)C2CC2)no1. The van der Waals surface area contributed by atoms with Crippen LogP contribution < -0.4 is 10.6 Å². The van der Waals surface area contributed by atoms with Crippen LogP contribution in [0.1, 0.15) is 18.6 Å². The number of carbonyl (C=O) groups is 2. The number of amides is 3. The Hall–Kier alpha value is -1.85. The number of nitrogens with zero attached hydrogens (tertiary/aromatic N) is 1. The van der Waals surface area contributed by atoms with Gasteiger partial charge in [-0.15, -0.1) is 0 Å². The van der Waals surface area contributed by atoms with Crippen molar-refractivity contribution in [1.29, 1.82) is 0 Å². The molecule has 3 amide bonds. The Bertz CT molecular complexity index is 395. The van der Waals surface area contributed by atoms with Gasteiger partial charge < -0.3 is 4.52 Å². The monoisotopic (exact) mass is 209 g/mol. The number of nitrogens with one attached hydrogen (secondary N) is 2. The van der Waals surface area contributed by atoms with Crippen molar-refractivity contribution in [1.82, 2.24) is 10.5 Å². The summed E-state index contributed by atoms with van der Waals surface area (Å²) in [5.74, 6) is 0.676. The summed E-state index contributed by atoms with van der Waals surface area (Å²) in [6.45, 7) is 1.71. The zero-order chi connectivity index (χ0) is 10.8. The van der Waals surface area contributed by atoms with E-state index in [-0.39, 0.29) is 11.8 Å². The molecule has 0 bridgehead atoms. The highest BCUT2D eigenvalue weighted by Gasteiger charge is 2.30. The summed E-state index contributed by atoms with van der Waals surface area (Å²) in [5, 5.41) is 8.19. The number of imide groups is 1. The Balaban J connectivity index is 1.84. The van der Waals surface area contributed by atoms with E-state index in [0.717, 1.165) is 12.8 Å². The van der Waals surface area contributed by atoms with Crippen LogP contribution in [0.5, 0.6) is 0 Å². The predicted octanol–water partition coefficient (Wildman–Crippen LogP) is 1.04. The molecular weight excluding hydrogens is 198 g/mol. The molecule has 80 valence electrons. The zero-order valence-electron chi connectivity index (χ0n) is 8.24. The van der Waals surface area contributed by atoms with E-state index in [1.54, 1.807) is 13.0 Å². The van der Waals surface area contributed by atoms with Crippen molar-refractivity contribution in [2.75, 3.05) is 5.32 Å². The Morgan fingerprint density at radius 2 is 2.27 bits per heavy atom. The third kappa shape index (κ3) is 2.55. The number of aromatic nitrogens is 1. The van der Waals surface area contributed by atoms with Gasteiger partial charge in [-0.05, 0) is 19.8 Å². The molecule has 1 aliphatic carbocycles. The lowest BCUT2D eigenvalue weighted by atomic mass is 10.4. The number of rotatable bonds is 2. The molecule has 0 aromatic carbocycles. The van der Waals surface area contributed by atoms with Crippen molar-refractivity contribution >= 4 is 17.8 Å². The largest absolute Gasteiger partial charge is 0.360 e. The number of urea groups is 1. The normalized spacial score (nSPS) is 14.7. The van der Waals surface area contributed by atoms with Gasteiger partial charge in [-0.3, -0.25) is 15.4 Å². The van der Waals surface area contributed by atoms with Gasteiger partial charge in [-0.1, -0.05) is 5.16 Å². The number of hydrogen-bond donors (Lipinski definition) is 2. The fourth-order valence-electron chi connectivity index (χ4n) is 1.13. The van der Waals surface area contributed by atoms with Crippen molar-refractivity contribution in [2.24, 2.45) is 5.92 Å². The minimum Gasteiger partial charge on any atom is -0.360 e. The quantitative estimate of drug-likeness (QED) is 0.762. The van der Waals surface area contributed by atoms with Gasteiger partial charge in [0.2, 0.25) is 5.91 Å². The molecule has 0 saturated heterocycles. The van der Waals surface area contributed by atoms with E-state index in [1.807, 2.05) is 0 Å². The maximum Gasteiger partial charge on any atom is 0.327 e. The first-order valence-electron chi connectivity index (χ1n) is 4.70. The molecule has 1 aliphatic rings. The Labute approximate surface area is 86.0 Å². The van der Waals surface area contributed by atoms with E-state index in [4.69, 9.17) is 4.52 Å². The first-order valence-corrected chi connectivity index (χ1v) is 4.70. The smallest absolute Gasteiger partial charge is 0.327 e. The number of carbonyl (C=O) groups excluding carboxylic acids is 2. The summed E-state index contributed by atoms with van der Waals surface area (Å²) >= 11 is 0. The lowest BCUT2D eigenvalue weighted by Gasteiger charge is -2.01. The average Bonchev–Trinajstić information content (AvgIpc) is 2.92. The fraction of sp³-hybridized carbons (Fsp3) is 0.444. The van der Waals surface area contributed by atoms with Gasteiger partial charge in [0.25, 0.3) is 0 Å². The lowest BCUT2D eigenvalue weighted by Crippen LogP contribution is -2.35. The van der Waals surface area contributed by atoms with E-state index in [9.17, 15) is 9.59 Å². The van der Waals surface area contributed by atoms with Gasteiger partial charge in [-0.2, -0.15) is 0 Å². The second kappa shape index (κ2) is 3.72. The maximum absolute atomic E-state index is 11.2. The fourth-order valence-corrected chi connectivity index (χ4v) is 1.13. The molecule has 1 heterocycles. The van der Waals surface area contributed by atoms with Gasteiger partial charge in [0.1, 0.15) is 5.76 Å². The van der Waals surface area contributed by atoms with Gasteiger partial charge in [-0.25, -0.2) is 4.79 Å². The van der Waals surface area contributed by atoms with Gasteiger partial charge in [0.15, 0.2) is 5.82 Å². The summed E-state index contributed by atoms with van der Waals surface area (Å²) in [4.78, 5) is 22.4. The van der Waals surface area contributed by atoms with Crippen molar-refractivity contribution in [3.8, 4) is 0 Å². The summed E-state index contributed by atoms with van der Waals surface area (Å²) in [7, 11) is 0. The molecule has 6 heteroatoms. The third-order valence-corrected chi connectivity index (χ3v) is 2.05.